The monoisotopic (exact) mass is 391 g/mol. The summed E-state index contributed by atoms with van der Waals surface area (Å²) in [5.74, 6) is -2.30. The van der Waals surface area contributed by atoms with Gasteiger partial charge in [0.25, 0.3) is 0 Å². The second-order valence-corrected chi connectivity index (χ2v) is 6.62. The van der Waals surface area contributed by atoms with Crippen molar-refractivity contribution in [3.05, 3.63) is 82.9 Å². The Kier molecular flexibility index (Phi) is 4.58. The van der Waals surface area contributed by atoms with Gasteiger partial charge >= 0.3 is 6.18 Å². The normalized spacial score (nSPS) is 14.3. The average Bonchev–Trinajstić information content (AvgIpc) is 3.04. The first-order chi connectivity index (χ1) is 13.3. The molecule has 0 saturated heterocycles. The van der Waals surface area contributed by atoms with Crippen LogP contribution < -0.4 is 0 Å². The molecular weight excluding hydrogens is 377 g/mol. The molecule has 1 aliphatic rings. The van der Waals surface area contributed by atoms with E-state index in [-0.39, 0.29) is 11.1 Å². The Morgan fingerprint density at radius 3 is 2.18 bits per heavy atom. The Hall–Kier alpha value is -2.87. The molecular formula is C20H14F5N3. The summed E-state index contributed by atoms with van der Waals surface area (Å²) >= 11 is 0. The zero-order valence-corrected chi connectivity index (χ0v) is 14.5. The van der Waals surface area contributed by atoms with Crippen LogP contribution in [0.5, 0.6) is 0 Å². The quantitative estimate of drug-likeness (QED) is 0.591. The maximum atomic E-state index is 14.2. The Morgan fingerprint density at radius 2 is 1.57 bits per heavy atom. The molecule has 0 atom stereocenters. The van der Waals surface area contributed by atoms with Gasteiger partial charge in [0.05, 0.1) is 11.9 Å². The molecule has 144 valence electrons. The van der Waals surface area contributed by atoms with Crippen LogP contribution in [0, 0.1) is 11.6 Å². The molecule has 0 fully saturated rings. The van der Waals surface area contributed by atoms with Crippen LogP contribution >= 0.6 is 0 Å². The number of pyridine rings is 2. The molecule has 4 rings (SSSR count). The number of halogens is 5. The minimum absolute atomic E-state index is 0.0400. The van der Waals surface area contributed by atoms with E-state index in [0.29, 0.717) is 18.3 Å². The standard InChI is InChI=1S/C20H14F5N3/c21-17-5-14(7-27-19(17)20(23,24)25)16-6-15(26-8-18(16)22)11-28-9-12-3-1-2-4-13(12)10-28/h1-8H,9-11H2. The summed E-state index contributed by atoms with van der Waals surface area (Å²) in [5, 5.41) is 0. The minimum atomic E-state index is -4.91. The molecule has 3 aromatic rings. The van der Waals surface area contributed by atoms with Crippen molar-refractivity contribution in [3.63, 3.8) is 0 Å². The number of benzene rings is 1. The van der Waals surface area contributed by atoms with E-state index in [0.717, 1.165) is 25.5 Å². The molecule has 1 aromatic carbocycles. The van der Waals surface area contributed by atoms with Gasteiger partial charge in [-0.15, -0.1) is 0 Å². The van der Waals surface area contributed by atoms with Gasteiger partial charge in [0, 0.05) is 37.0 Å². The van der Waals surface area contributed by atoms with E-state index in [4.69, 9.17) is 0 Å². The Bertz CT molecular complexity index is 1010. The number of fused-ring (bicyclic) bond motifs is 1. The van der Waals surface area contributed by atoms with Crippen molar-refractivity contribution in [2.45, 2.75) is 25.8 Å². The van der Waals surface area contributed by atoms with Crippen LogP contribution in [-0.2, 0) is 25.8 Å². The first-order valence-electron chi connectivity index (χ1n) is 8.48. The second-order valence-electron chi connectivity index (χ2n) is 6.62. The van der Waals surface area contributed by atoms with Gasteiger partial charge in [0.15, 0.2) is 11.5 Å². The number of alkyl halides is 3. The molecule has 0 bridgehead atoms. The Morgan fingerprint density at radius 1 is 0.893 bits per heavy atom. The highest BCUT2D eigenvalue weighted by molar-refractivity contribution is 5.63. The van der Waals surface area contributed by atoms with E-state index < -0.39 is 23.5 Å². The lowest BCUT2D eigenvalue weighted by Gasteiger charge is -2.15. The molecule has 0 radical (unpaired) electrons. The molecule has 0 aliphatic carbocycles. The molecule has 3 heterocycles. The van der Waals surface area contributed by atoms with Crippen molar-refractivity contribution in [1.29, 1.82) is 0 Å². The fourth-order valence-corrected chi connectivity index (χ4v) is 3.33. The third-order valence-corrected chi connectivity index (χ3v) is 4.62. The number of aromatic nitrogens is 2. The van der Waals surface area contributed by atoms with Crippen molar-refractivity contribution >= 4 is 0 Å². The van der Waals surface area contributed by atoms with Crippen LogP contribution in [0.25, 0.3) is 11.1 Å². The maximum Gasteiger partial charge on any atom is 0.436 e. The molecule has 0 spiro atoms. The SMILES string of the molecule is Fc1cnc(CN2Cc3ccccc3C2)cc1-c1cnc(C(F)(F)F)c(F)c1. The molecule has 8 heteroatoms. The fraction of sp³-hybridized carbons (Fsp3) is 0.200. The lowest BCUT2D eigenvalue weighted by Crippen LogP contribution is -2.16. The summed E-state index contributed by atoms with van der Waals surface area (Å²) in [7, 11) is 0. The molecule has 0 saturated carbocycles. The summed E-state index contributed by atoms with van der Waals surface area (Å²) in [5.41, 5.74) is 1.21. The van der Waals surface area contributed by atoms with E-state index in [1.165, 1.54) is 17.2 Å². The molecule has 2 aromatic heterocycles. The van der Waals surface area contributed by atoms with E-state index in [9.17, 15) is 22.0 Å². The zero-order valence-electron chi connectivity index (χ0n) is 14.5. The second kappa shape index (κ2) is 6.94. The molecule has 28 heavy (non-hydrogen) atoms. The summed E-state index contributed by atoms with van der Waals surface area (Å²) < 4.78 is 66.0. The van der Waals surface area contributed by atoms with Gasteiger partial charge < -0.3 is 0 Å². The molecule has 0 N–H and O–H groups in total. The van der Waals surface area contributed by atoms with Crippen LogP contribution in [0.1, 0.15) is 22.5 Å². The summed E-state index contributed by atoms with van der Waals surface area (Å²) in [6.07, 6.45) is -3.10. The third kappa shape index (κ3) is 3.60. The van der Waals surface area contributed by atoms with Crippen molar-refractivity contribution in [2.24, 2.45) is 0 Å². The lowest BCUT2D eigenvalue weighted by molar-refractivity contribution is -0.143. The average molecular weight is 391 g/mol. The van der Waals surface area contributed by atoms with E-state index in [1.807, 2.05) is 24.3 Å². The smallest absolute Gasteiger partial charge is 0.289 e. The predicted octanol–water partition coefficient (Wildman–Crippen LogP) is 4.96. The minimum Gasteiger partial charge on any atom is -0.289 e. The van der Waals surface area contributed by atoms with Crippen LogP contribution in [0.3, 0.4) is 0 Å². The Balaban J connectivity index is 1.59. The third-order valence-electron chi connectivity index (χ3n) is 4.62. The first-order valence-corrected chi connectivity index (χ1v) is 8.48. The van der Waals surface area contributed by atoms with Crippen LogP contribution in [-0.4, -0.2) is 14.9 Å². The largest absolute Gasteiger partial charge is 0.436 e. The number of hydrogen-bond acceptors (Lipinski definition) is 3. The van der Waals surface area contributed by atoms with Gasteiger partial charge in [-0.1, -0.05) is 24.3 Å². The lowest BCUT2D eigenvalue weighted by atomic mass is 10.1. The van der Waals surface area contributed by atoms with Crippen molar-refractivity contribution in [2.75, 3.05) is 0 Å². The first kappa shape index (κ1) is 18.5. The van der Waals surface area contributed by atoms with Crippen LogP contribution in [0.4, 0.5) is 22.0 Å². The van der Waals surface area contributed by atoms with E-state index in [1.54, 1.807) is 0 Å². The highest BCUT2D eigenvalue weighted by Crippen LogP contribution is 2.32. The number of rotatable bonds is 3. The summed E-state index contributed by atoms with van der Waals surface area (Å²) in [6.45, 7) is 1.88. The molecule has 0 amide bonds. The van der Waals surface area contributed by atoms with Gasteiger partial charge in [-0.25, -0.2) is 13.8 Å². The van der Waals surface area contributed by atoms with Gasteiger partial charge in [-0.2, -0.15) is 13.2 Å². The number of nitrogens with zero attached hydrogens (tertiary/aromatic N) is 3. The summed E-state index contributed by atoms with van der Waals surface area (Å²) in [6, 6.07) is 10.1. The zero-order chi connectivity index (χ0) is 19.9. The predicted molar refractivity (Wildman–Crippen MR) is 91.8 cm³/mol. The summed E-state index contributed by atoms with van der Waals surface area (Å²) in [4.78, 5) is 9.30. The van der Waals surface area contributed by atoms with Crippen molar-refractivity contribution in [3.8, 4) is 11.1 Å². The van der Waals surface area contributed by atoms with Crippen LogP contribution in [0.15, 0.2) is 48.8 Å². The molecule has 1 aliphatic heterocycles. The van der Waals surface area contributed by atoms with E-state index >= 15 is 0 Å². The van der Waals surface area contributed by atoms with Crippen LogP contribution in [0.2, 0.25) is 0 Å². The maximum absolute atomic E-state index is 14.2. The molecule has 0 unspecified atom stereocenters. The Labute approximate surface area is 157 Å². The topological polar surface area (TPSA) is 29.0 Å². The van der Waals surface area contributed by atoms with Gasteiger partial charge in [-0.05, 0) is 23.3 Å². The van der Waals surface area contributed by atoms with Gasteiger partial charge in [0.2, 0.25) is 0 Å². The fourth-order valence-electron chi connectivity index (χ4n) is 3.33. The highest BCUT2D eigenvalue weighted by Gasteiger charge is 2.36. The van der Waals surface area contributed by atoms with E-state index in [2.05, 4.69) is 14.9 Å². The number of hydrogen-bond donors (Lipinski definition) is 0. The molecule has 3 nitrogen and oxygen atoms in total. The van der Waals surface area contributed by atoms with Crippen molar-refractivity contribution in [1.82, 2.24) is 14.9 Å². The van der Waals surface area contributed by atoms with Gasteiger partial charge in [0.1, 0.15) is 5.82 Å². The van der Waals surface area contributed by atoms with Gasteiger partial charge in [-0.3, -0.25) is 9.88 Å². The highest BCUT2D eigenvalue weighted by atomic mass is 19.4. The van der Waals surface area contributed by atoms with Crippen molar-refractivity contribution < 1.29 is 22.0 Å².